The van der Waals surface area contributed by atoms with Crippen LogP contribution in [0.2, 0.25) is 5.02 Å². The highest BCUT2D eigenvalue weighted by Gasteiger charge is 2.42. The lowest BCUT2D eigenvalue weighted by atomic mass is 9.75. The Kier molecular flexibility index (Phi) is 4.08. The SMILES string of the molecule is CN(C)C1(C(=O)c2ccccc2Cl)CCCCC1. The summed E-state index contributed by atoms with van der Waals surface area (Å²) in [7, 11) is 4.00. The van der Waals surface area contributed by atoms with Gasteiger partial charge in [0, 0.05) is 5.56 Å². The molecule has 3 heteroatoms. The number of rotatable bonds is 3. The second-order valence-electron chi connectivity index (χ2n) is 5.30. The molecule has 0 amide bonds. The summed E-state index contributed by atoms with van der Waals surface area (Å²) in [5, 5.41) is 0.564. The zero-order valence-corrected chi connectivity index (χ0v) is 11.8. The first-order valence-electron chi connectivity index (χ1n) is 6.55. The molecule has 1 aliphatic rings. The molecule has 0 spiro atoms. The number of carbonyl (C=O) groups excluding carboxylic acids is 1. The summed E-state index contributed by atoms with van der Waals surface area (Å²) in [6.45, 7) is 0. The molecule has 0 aromatic heterocycles. The molecule has 2 rings (SSSR count). The van der Waals surface area contributed by atoms with Crippen LogP contribution in [0, 0.1) is 0 Å². The van der Waals surface area contributed by atoms with E-state index in [2.05, 4.69) is 4.90 Å². The van der Waals surface area contributed by atoms with Crippen molar-refractivity contribution in [3.8, 4) is 0 Å². The minimum absolute atomic E-state index is 0.179. The topological polar surface area (TPSA) is 20.3 Å². The van der Waals surface area contributed by atoms with Gasteiger partial charge >= 0.3 is 0 Å². The highest BCUT2D eigenvalue weighted by Crippen LogP contribution is 2.36. The molecule has 18 heavy (non-hydrogen) atoms. The Morgan fingerprint density at radius 3 is 2.33 bits per heavy atom. The van der Waals surface area contributed by atoms with Crippen molar-refractivity contribution in [2.45, 2.75) is 37.6 Å². The van der Waals surface area contributed by atoms with Crippen LogP contribution in [0.4, 0.5) is 0 Å². The third-order valence-electron chi connectivity index (χ3n) is 4.08. The molecule has 1 fully saturated rings. The maximum atomic E-state index is 12.9. The van der Waals surface area contributed by atoms with E-state index in [1.807, 2.05) is 32.3 Å². The quantitative estimate of drug-likeness (QED) is 0.775. The third-order valence-corrected chi connectivity index (χ3v) is 4.41. The zero-order valence-electron chi connectivity index (χ0n) is 11.1. The molecule has 1 aromatic rings. The van der Waals surface area contributed by atoms with Gasteiger partial charge in [-0.1, -0.05) is 43.0 Å². The number of nitrogens with zero attached hydrogens (tertiary/aromatic N) is 1. The predicted octanol–water partition coefficient (Wildman–Crippen LogP) is 3.79. The lowest BCUT2D eigenvalue weighted by Crippen LogP contribution is -2.52. The number of carbonyl (C=O) groups is 1. The minimum atomic E-state index is -0.358. The molecular weight excluding hydrogens is 246 g/mol. The maximum absolute atomic E-state index is 12.9. The predicted molar refractivity (Wildman–Crippen MR) is 75.3 cm³/mol. The van der Waals surface area contributed by atoms with Gasteiger partial charge in [-0.15, -0.1) is 0 Å². The van der Waals surface area contributed by atoms with Gasteiger partial charge in [0.25, 0.3) is 0 Å². The van der Waals surface area contributed by atoms with Gasteiger partial charge < -0.3 is 0 Å². The van der Waals surface area contributed by atoms with Crippen LogP contribution in [0.1, 0.15) is 42.5 Å². The molecule has 1 saturated carbocycles. The molecule has 0 saturated heterocycles. The Hall–Kier alpha value is -0.860. The van der Waals surface area contributed by atoms with Crippen molar-refractivity contribution in [1.82, 2.24) is 4.90 Å². The molecule has 1 aliphatic carbocycles. The van der Waals surface area contributed by atoms with E-state index in [9.17, 15) is 4.79 Å². The van der Waals surface area contributed by atoms with E-state index >= 15 is 0 Å². The van der Waals surface area contributed by atoms with Gasteiger partial charge in [0.05, 0.1) is 10.6 Å². The fraction of sp³-hybridized carbons (Fsp3) is 0.533. The Labute approximate surface area is 114 Å². The highest BCUT2D eigenvalue weighted by molar-refractivity contribution is 6.34. The zero-order chi connectivity index (χ0) is 13.2. The van der Waals surface area contributed by atoms with E-state index in [1.165, 1.54) is 6.42 Å². The highest BCUT2D eigenvalue weighted by atomic mass is 35.5. The van der Waals surface area contributed by atoms with Gasteiger partial charge in [0.1, 0.15) is 0 Å². The van der Waals surface area contributed by atoms with Crippen LogP contribution >= 0.6 is 11.6 Å². The first-order chi connectivity index (χ1) is 8.58. The van der Waals surface area contributed by atoms with Crippen LogP contribution < -0.4 is 0 Å². The van der Waals surface area contributed by atoms with Gasteiger partial charge in [0.15, 0.2) is 5.78 Å². The lowest BCUT2D eigenvalue weighted by Gasteiger charge is -2.41. The average molecular weight is 266 g/mol. The van der Waals surface area contributed by atoms with E-state index in [0.29, 0.717) is 10.6 Å². The second-order valence-corrected chi connectivity index (χ2v) is 5.70. The molecular formula is C15H20ClNO. The molecule has 0 heterocycles. The number of ketones is 1. The fourth-order valence-corrected chi connectivity index (χ4v) is 3.13. The Bertz CT molecular complexity index is 436. The number of benzene rings is 1. The smallest absolute Gasteiger partial charge is 0.184 e. The van der Waals surface area contributed by atoms with Gasteiger partial charge in [-0.05, 0) is 39.1 Å². The Morgan fingerprint density at radius 2 is 1.78 bits per heavy atom. The molecule has 0 radical (unpaired) electrons. The molecule has 0 N–H and O–H groups in total. The fourth-order valence-electron chi connectivity index (χ4n) is 2.91. The maximum Gasteiger partial charge on any atom is 0.184 e. The van der Waals surface area contributed by atoms with E-state index in [-0.39, 0.29) is 11.3 Å². The summed E-state index contributed by atoms with van der Waals surface area (Å²) in [6, 6.07) is 7.37. The number of halogens is 1. The summed E-state index contributed by atoms with van der Waals surface area (Å²) in [4.78, 5) is 14.9. The largest absolute Gasteiger partial charge is 0.297 e. The number of hydrogen-bond acceptors (Lipinski definition) is 2. The standard InChI is InChI=1S/C15H20ClNO/c1-17(2)15(10-6-3-7-11-15)14(18)12-8-4-5-9-13(12)16/h4-5,8-9H,3,6-7,10-11H2,1-2H3. The molecule has 0 unspecified atom stereocenters. The monoisotopic (exact) mass is 265 g/mol. The van der Waals surface area contributed by atoms with E-state index in [0.717, 1.165) is 25.7 Å². The van der Waals surface area contributed by atoms with Crippen LogP contribution in [-0.4, -0.2) is 30.3 Å². The first kappa shape index (κ1) is 13.6. The molecule has 1 aromatic carbocycles. The molecule has 0 aliphatic heterocycles. The van der Waals surface area contributed by atoms with E-state index < -0.39 is 0 Å². The number of hydrogen-bond donors (Lipinski definition) is 0. The molecule has 0 atom stereocenters. The van der Waals surface area contributed by atoms with Gasteiger partial charge in [-0.3, -0.25) is 9.69 Å². The Balaban J connectivity index is 2.38. The van der Waals surface area contributed by atoms with Crippen molar-refractivity contribution in [2.24, 2.45) is 0 Å². The number of Topliss-reactive ketones (excluding diaryl/α,β-unsaturated/α-hetero) is 1. The lowest BCUT2D eigenvalue weighted by molar-refractivity contribution is 0.0564. The average Bonchev–Trinajstić information content (AvgIpc) is 2.39. The first-order valence-corrected chi connectivity index (χ1v) is 6.92. The summed E-state index contributed by atoms with van der Waals surface area (Å²) >= 11 is 6.17. The van der Waals surface area contributed by atoms with Crippen LogP contribution in [-0.2, 0) is 0 Å². The second kappa shape index (κ2) is 5.41. The van der Waals surface area contributed by atoms with E-state index in [1.54, 1.807) is 6.07 Å². The minimum Gasteiger partial charge on any atom is -0.297 e. The molecule has 98 valence electrons. The van der Waals surface area contributed by atoms with Crippen molar-refractivity contribution in [2.75, 3.05) is 14.1 Å². The van der Waals surface area contributed by atoms with Gasteiger partial charge in [0.2, 0.25) is 0 Å². The van der Waals surface area contributed by atoms with Crippen LogP contribution in [0.5, 0.6) is 0 Å². The van der Waals surface area contributed by atoms with Crippen molar-refractivity contribution in [3.05, 3.63) is 34.9 Å². The molecule has 0 bridgehead atoms. The van der Waals surface area contributed by atoms with Gasteiger partial charge in [-0.2, -0.15) is 0 Å². The van der Waals surface area contributed by atoms with Gasteiger partial charge in [-0.25, -0.2) is 0 Å². The summed E-state index contributed by atoms with van der Waals surface area (Å²) in [5.41, 5.74) is 0.304. The molecule has 2 nitrogen and oxygen atoms in total. The van der Waals surface area contributed by atoms with E-state index in [4.69, 9.17) is 11.6 Å². The van der Waals surface area contributed by atoms with Crippen molar-refractivity contribution >= 4 is 17.4 Å². The van der Waals surface area contributed by atoms with Crippen molar-refractivity contribution in [1.29, 1.82) is 0 Å². The van der Waals surface area contributed by atoms with Crippen molar-refractivity contribution < 1.29 is 4.79 Å². The number of likely N-dealkylation sites (N-methyl/N-ethyl adjacent to an activating group) is 1. The summed E-state index contributed by atoms with van der Waals surface area (Å²) in [5.74, 6) is 0.179. The summed E-state index contributed by atoms with van der Waals surface area (Å²) in [6.07, 6.45) is 5.34. The normalized spacial score (nSPS) is 18.9. The third kappa shape index (κ3) is 2.32. The summed E-state index contributed by atoms with van der Waals surface area (Å²) < 4.78 is 0. The van der Waals surface area contributed by atoms with Crippen LogP contribution in [0.15, 0.2) is 24.3 Å². The van der Waals surface area contributed by atoms with Crippen molar-refractivity contribution in [3.63, 3.8) is 0 Å². The Morgan fingerprint density at radius 1 is 1.17 bits per heavy atom. The van der Waals surface area contributed by atoms with Crippen LogP contribution in [0.3, 0.4) is 0 Å². The van der Waals surface area contributed by atoms with Crippen LogP contribution in [0.25, 0.3) is 0 Å².